The van der Waals surface area contributed by atoms with Gasteiger partial charge in [0.2, 0.25) is 0 Å². The fraction of sp³-hybridized carbons (Fsp3) is 0.333. The molecule has 0 bridgehead atoms. The third-order valence-electron chi connectivity index (χ3n) is 5.52. The molecule has 1 aliphatic heterocycles. The van der Waals surface area contributed by atoms with E-state index in [1.54, 1.807) is 6.07 Å². The normalized spacial score (nSPS) is 22.3. The van der Waals surface area contributed by atoms with Crippen LogP contribution in [0.15, 0.2) is 60.7 Å². The van der Waals surface area contributed by atoms with Crippen LogP contribution in [0.4, 0.5) is 4.39 Å². The minimum Gasteiger partial charge on any atom is -0.489 e. The Morgan fingerprint density at radius 3 is 2.75 bits per heavy atom. The van der Waals surface area contributed by atoms with Crippen molar-refractivity contribution in [3.63, 3.8) is 0 Å². The second kappa shape index (κ2) is 7.90. The first-order valence-electron chi connectivity index (χ1n) is 9.81. The zero-order valence-corrected chi connectivity index (χ0v) is 16.0. The van der Waals surface area contributed by atoms with Crippen LogP contribution in [0.2, 0.25) is 0 Å². The third-order valence-corrected chi connectivity index (χ3v) is 5.52. The maximum absolute atomic E-state index is 14.2. The SMILES string of the molecule is CCC1CC(O)(c2cc(F)cc(OCc3ccc4ccccc4c3)c2)CCO1. The summed E-state index contributed by atoms with van der Waals surface area (Å²) >= 11 is 0. The number of halogens is 1. The number of rotatable bonds is 5. The molecule has 0 aliphatic carbocycles. The van der Waals surface area contributed by atoms with Gasteiger partial charge in [0.15, 0.2) is 0 Å². The lowest BCUT2D eigenvalue weighted by Crippen LogP contribution is -2.38. The zero-order chi connectivity index (χ0) is 19.6. The summed E-state index contributed by atoms with van der Waals surface area (Å²) in [5.41, 5.74) is 0.491. The van der Waals surface area contributed by atoms with Crippen LogP contribution in [0.3, 0.4) is 0 Å². The number of benzene rings is 3. The second-order valence-electron chi connectivity index (χ2n) is 7.53. The molecule has 0 aromatic heterocycles. The smallest absolute Gasteiger partial charge is 0.127 e. The van der Waals surface area contributed by atoms with Crippen molar-refractivity contribution in [3.05, 3.63) is 77.6 Å². The molecule has 2 atom stereocenters. The standard InChI is InChI=1S/C24H25FO3/c1-2-22-15-24(26,9-10-27-22)20-12-21(25)14-23(13-20)28-16-17-7-8-18-5-3-4-6-19(18)11-17/h3-8,11-14,22,26H,2,9-10,15-16H2,1H3. The molecule has 3 aromatic rings. The highest BCUT2D eigenvalue weighted by Gasteiger charge is 2.36. The van der Waals surface area contributed by atoms with Crippen molar-refractivity contribution in [1.82, 2.24) is 0 Å². The Morgan fingerprint density at radius 2 is 1.93 bits per heavy atom. The lowest BCUT2D eigenvalue weighted by molar-refractivity contribution is -0.108. The Hall–Kier alpha value is -2.43. The van der Waals surface area contributed by atoms with Gasteiger partial charge in [0.1, 0.15) is 18.2 Å². The van der Waals surface area contributed by atoms with E-state index in [-0.39, 0.29) is 6.10 Å². The first-order valence-corrected chi connectivity index (χ1v) is 9.81. The largest absolute Gasteiger partial charge is 0.489 e. The fourth-order valence-corrected chi connectivity index (χ4v) is 3.87. The van der Waals surface area contributed by atoms with Crippen molar-refractivity contribution in [2.75, 3.05) is 6.61 Å². The molecule has 1 saturated heterocycles. The third kappa shape index (κ3) is 4.03. The highest BCUT2D eigenvalue weighted by atomic mass is 19.1. The Balaban J connectivity index is 1.53. The van der Waals surface area contributed by atoms with Crippen LogP contribution < -0.4 is 4.74 Å². The van der Waals surface area contributed by atoms with Gasteiger partial charge in [0, 0.05) is 18.9 Å². The van der Waals surface area contributed by atoms with E-state index in [0.717, 1.165) is 17.4 Å². The van der Waals surface area contributed by atoms with Crippen LogP contribution >= 0.6 is 0 Å². The molecule has 1 N–H and O–H groups in total. The minimum atomic E-state index is -1.08. The number of hydrogen-bond acceptors (Lipinski definition) is 3. The Labute approximate surface area is 164 Å². The summed E-state index contributed by atoms with van der Waals surface area (Å²) < 4.78 is 25.8. The molecular weight excluding hydrogens is 355 g/mol. The van der Waals surface area contributed by atoms with Crippen LogP contribution in [0.1, 0.15) is 37.3 Å². The molecule has 0 spiro atoms. The molecule has 3 nitrogen and oxygen atoms in total. The van der Waals surface area contributed by atoms with E-state index in [4.69, 9.17) is 9.47 Å². The summed E-state index contributed by atoms with van der Waals surface area (Å²) in [6.45, 7) is 2.84. The van der Waals surface area contributed by atoms with E-state index < -0.39 is 11.4 Å². The van der Waals surface area contributed by atoms with E-state index in [1.165, 1.54) is 17.5 Å². The lowest BCUT2D eigenvalue weighted by atomic mass is 9.83. The van der Waals surface area contributed by atoms with E-state index in [1.807, 2.05) is 25.1 Å². The molecule has 28 heavy (non-hydrogen) atoms. The predicted molar refractivity (Wildman–Crippen MR) is 108 cm³/mol. The average Bonchev–Trinajstić information content (AvgIpc) is 2.71. The molecule has 4 rings (SSSR count). The highest BCUT2D eigenvalue weighted by Crippen LogP contribution is 2.37. The van der Waals surface area contributed by atoms with E-state index in [0.29, 0.717) is 37.4 Å². The van der Waals surface area contributed by atoms with Crippen molar-refractivity contribution < 1.29 is 19.0 Å². The predicted octanol–water partition coefficient (Wildman–Crippen LogP) is 5.33. The Kier molecular flexibility index (Phi) is 5.33. The molecule has 1 fully saturated rings. The van der Waals surface area contributed by atoms with Gasteiger partial charge in [0.05, 0.1) is 18.3 Å². The van der Waals surface area contributed by atoms with Gasteiger partial charge >= 0.3 is 0 Å². The lowest BCUT2D eigenvalue weighted by Gasteiger charge is -2.37. The Morgan fingerprint density at radius 1 is 1.11 bits per heavy atom. The van der Waals surface area contributed by atoms with E-state index in [9.17, 15) is 9.50 Å². The van der Waals surface area contributed by atoms with Crippen LogP contribution in [0, 0.1) is 5.82 Å². The molecular formula is C24H25FO3. The highest BCUT2D eigenvalue weighted by molar-refractivity contribution is 5.82. The molecule has 0 radical (unpaired) electrons. The van der Waals surface area contributed by atoms with Gasteiger partial charge in [0.25, 0.3) is 0 Å². The van der Waals surface area contributed by atoms with Crippen molar-refractivity contribution in [1.29, 1.82) is 0 Å². The maximum atomic E-state index is 14.2. The van der Waals surface area contributed by atoms with Gasteiger partial charge in [-0.15, -0.1) is 0 Å². The topological polar surface area (TPSA) is 38.7 Å². The summed E-state index contributed by atoms with van der Waals surface area (Å²) in [6, 6.07) is 18.8. The molecule has 4 heteroatoms. The van der Waals surface area contributed by atoms with Gasteiger partial charge < -0.3 is 14.6 Å². The van der Waals surface area contributed by atoms with Crippen LogP contribution in [-0.2, 0) is 16.9 Å². The van der Waals surface area contributed by atoms with Crippen molar-refractivity contribution in [2.24, 2.45) is 0 Å². The molecule has 1 aliphatic rings. The summed E-state index contributed by atoms with van der Waals surface area (Å²) in [5, 5.41) is 13.4. The molecule has 2 unspecified atom stereocenters. The second-order valence-corrected chi connectivity index (χ2v) is 7.53. The van der Waals surface area contributed by atoms with Gasteiger partial charge in [-0.25, -0.2) is 4.39 Å². The first-order chi connectivity index (χ1) is 13.6. The summed E-state index contributed by atoms with van der Waals surface area (Å²) in [4.78, 5) is 0. The van der Waals surface area contributed by atoms with Crippen LogP contribution in [-0.4, -0.2) is 17.8 Å². The van der Waals surface area contributed by atoms with Gasteiger partial charge in [-0.05, 0) is 46.5 Å². The first kappa shape index (κ1) is 18.9. The fourth-order valence-electron chi connectivity index (χ4n) is 3.87. The number of ether oxygens (including phenoxy) is 2. The number of fused-ring (bicyclic) bond motifs is 1. The number of hydrogen-bond donors (Lipinski definition) is 1. The van der Waals surface area contributed by atoms with Crippen molar-refractivity contribution in [2.45, 2.75) is 44.5 Å². The molecule has 1 heterocycles. The zero-order valence-electron chi connectivity index (χ0n) is 16.0. The quantitative estimate of drug-likeness (QED) is 0.650. The van der Waals surface area contributed by atoms with Gasteiger partial charge in [-0.1, -0.05) is 43.3 Å². The monoisotopic (exact) mass is 380 g/mol. The maximum Gasteiger partial charge on any atom is 0.127 e. The van der Waals surface area contributed by atoms with Crippen molar-refractivity contribution in [3.8, 4) is 5.75 Å². The summed E-state index contributed by atoms with van der Waals surface area (Å²) in [7, 11) is 0. The summed E-state index contributed by atoms with van der Waals surface area (Å²) in [6.07, 6.45) is 1.74. The van der Waals surface area contributed by atoms with Gasteiger partial charge in [-0.2, -0.15) is 0 Å². The minimum absolute atomic E-state index is 0.0102. The molecule has 0 amide bonds. The molecule has 146 valence electrons. The Bertz CT molecular complexity index is 971. The van der Waals surface area contributed by atoms with Crippen LogP contribution in [0.25, 0.3) is 10.8 Å². The van der Waals surface area contributed by atoms with Crippen molar-refractivity contribution >= 4 is 10.8 Å². The average molecular weight is 380 g/mol. The van der Waals surface area contributed by atoms with E-state index >= 15 is 0 Å². The molecule has 0 saturated carbocycles. The van der Waals surface area contributed by atoms with Crippen LogP contribution in [0.5, 0.6) is 5.75 Å². The summed E-state index contributed by atoms with van der Waals surface area (Å²) in [5.74, 6) is 0.0232. The number of aliphatic hydroxyl groups is 1. The van der Waals surface area contributed by atoms with Gasteiger partial charge in [-0.3, -0.25) is 0 Å². The van der Waals surface area contributed by atoms with E-state index in [2.05, 4.69) is 24.3 Å². The molecule has 3 aromatic carbocycles.